The van der Waals surface area contributed by atoms with E-state index in [0.717, 1.165) is 17.0 Å². The van der Waals surface area contributed by atoms with Gasteiger partial charge in [0.15, 0.2) is 0 Å². The lowest BCUT2D eigenvalue weighted by molar-refractivity contribution is 0.0952. The molecule has 0 saturated carbocycles. The number of aromatic hydroxyl groups is 1. The number of nitrogens with one attached hydrogen (secondary N) is 1. The molecular weight excluding hydrogens is 346 g/mol. The molecule has 0 atom stereocenters. The molecule has 0 radical (unpaired) electrons. The predicted molar refractivity (Wildman–Crippen MR) is 92.8 cm³/mol. The number of benzene rings is 2. The topological polar surface area (TPSA) is 61.7 Å². The molecule has 0 saturated heterocycles. The zero-order valence-corrected chi connectivity index (χ0v) is 13.6. The zero-order chi connectivity index (χ0) is 17.8. The summed E-state index contributed by atoms with van der Waals surface area (Å²) in [4.78, 5) is 13.0. The van der Waals surface area contributed by atoms with Crippen molar-refractivity contribution < 1.29 is 18.7 Å². The first kappa shape index (κ1) is 16.8. The van der Waals surface area contributed by atoms with E-state index in [0.29, 0.717) is 5.56 Å². The highest BCUT2D eigenvalue weighted by molar-refractivity contribution is 7.11. The zero-order valence-electron chi connectivity index (χ0n) is 12.7. The first-order valence-corrected chi connectivity index (χ1v) is 8.08. The molecule has 1 aromatic heterocycles. The summed E-state index contributed by atoms with van der Waals surface area (Å²) >= 11 is 1.45. The Bertz CT molecular complexity index is 940. The Kier molecular flexibility index (Phi) is 4.85. The van der Waals surface area contributed by atoms with Crippen LogP contribution in [0.5, 0.6) is 5.75 Å². The molecule has 126 valence electrons. The van der Waals surface area contributed by atoms with Crippen LogP contribution in [0.3, 0.4) is 0 Å². The van der Waals surface area contributed by atoms with Gasteiger partial charge < -0.3 is 5.11 Å². The first-order chi connectivity index (χ1) is 12.0. The van der Waals surface area contributed by atoms with Crippen LogP contribution in [0, 0.1) is 11.6 Å². The predicted octanol–water partition coefficient (Wildman–Crippen LogP) is 4.16. The number of nitrogens with zero attached hydrogens (tertiary/aromatic N) is 1. The van der Waals surface area contributed by atoms with Crippen LogP contribution in [0.2, 0.25) is 0 Å². The lowest BCUT2D eigenvalue weighted by Gasteiger charge is -2.08. The fourth-order valence-corrected chi connectivity index (χ4v) is 2.77. The average molecular weight is 358 g/mol. The number of carbonyl (C=O) groups excluding carboxylic acids is 1. The van der Waals surface area contributed by atoms with Crippen LogP contribution in [0.4, 0.5) is 8.78 Å². The van der Waals surface area contributed by atoms with Crippen LogP contribution in [-0.4, -0.2) is 17.2 Å². The van der Waals surface area contributed by atoms with Gasteiger partial charge >= 0.3 is 0 Å². The number of thiophene rings is 1. The first-order valence-electron chi connectivity index (χ1n) is 7.20. The molecule has 2 aromatic carbocycles. The molecule has 0 spiro atoms. The van der Waals surface area contributed by atoms with Crippen molar-refractivity contribution in [3.8, 4) is 16.9 Å². The minimum atomic E-state index is -0.757. The maximum absolute atomic E-state index is 13.9. The van der Waals surface area contributed by atoms with Crippen molar-refractivity contribution in [1.82, 2.24) is 5.43 Å². The molecule has 1 heterocycles. The third-order valence-corrected chi connectivity index (χ3v) is 4.19. The van der Waals surface area contributed by atoms with E-state index in [2.05, 4.69) is 10.5 Å². The fraction of sp³-hybridized carbons (Fsp3) is 0. The minimum absolute atomic E-state index is 0.0652. The third kappa shape index (κ3) is 3.89. The van der Waals surface area contributed by atoms with Crippen molar-refractivity contribution in [2.45, 2.75) is 0 Å². The van der Waals surface area contributed by atoms with Gasteiger partial charge in [-0.2, -0.15) is 5.10 Å². The Morgan fingerprint density at radius 1 is 1.16 bits per heavy atom. The summed E-state index contributed by atoms with van der Waals surface area (Å²) in [5.74, 6) is -2.36. The molecule has 0 aliphatic heterocycles. The van der Waals surface area contributed by atoms with Gasteiger partial charge in [-0.3, -0.25) is 4.79 Å². The number of carbonyl (C=O) groups is 1. The molecule has 3 aromatic rings. The summed E-state index contributed by atoms with van der Waals surface area (Å²) in [5.41, 5.74) is 2.70. The summed E-state index contributed by atoms with van der Waals surface area (Å²) < 4.78 is 26.9. The second kappa shape index (κ2) is 7.23. The summed E-state index contributed by atoms with van der Waals surface area (Å²) in [6.45, 7) is 0. The number of phenolic OH excluding ortho intramolecular Hbond substituents is 1. The number of halogens is 2. The fourth-order valence-electron chi connectivity index (χ4n) is 2.19. The highest BCUT2D eigenvalue weighted by Crippen LogP contribution is 2.28. The lowest BCUT2D eigenvalue weighted by atomic mass is 10.0. The van der Waals surface area contributed by atoms with E-state index in [9.17, 15) is 18.7 Å². The number of rotatable bonds is 4. The molecular formula is C18H12F2N2O2S. The maximum Gasteiger partial charge on any atom is 0.275 e. The van der Waals surface area contributed by atoms with Gasteiger partial charge in [-0.05, 0) is 41.3 Å². The van der Waals surface area contributed by atoms with Crippen LogP contribution in [0.15, 0.2) is 59.0 Å². The summed E-state index contributed by atoms with van der Waals surface area (Å²) in [7, 11) is 0. The van der Waals surface area contributed by atoms with Crippen LogP contribution in [0.25, 0.3) is 11.1 Å². The molecule has 2 N–H and O–H groups in total. The van der Waals surface area contributed by atoms with Gasteiger partial charge in [-0.15, -0.1) is 11.3 Å². The summed E-state index contributed by atoms with van der Waals surface area (Å²) in [6.07, 6.45) is 1.48. The molecule has 0 unspecified atom stereocenters. The Morgan fingerprint density at radius 2 is 2.00 bits per heavy atom. The number of hydrogen-bond donors (Lipinski definition) is 2. The van der Waals surface area contributed by atoms with Crippen LogP contribution >= 0.6 is 11.3 Å². The van der Waals surface area contributed by atoms with E-state index in [-0.39, 0.29) is 16.9 Å². The van der Waals surface area contributed by atoms with Gasteiger partial charge in [0, 0.05) is 16.5 Å². The van der Waals surface area contributed by atoms with Gasteiger partial charge in [-0.25, -0.2) is 14.2 Å². The van der Waals surface area contributed by atoms with Gasteiger partial charge in [0.2, 0.25) is 0 Å². The standard InChI is InChI=1S/C18H12F2N2O2S/c19-12-4-5-14(16(20)9-12)11-3-6-17(23)15(8-11)18(24)22-21-10-13-2-1-7-25-13/h1-10,23H,(H,22,24). The van der Waals surface area contributed by atoms with Crippen molar-refractivity contribution in [3.63, 3.8) is 0 Å². The molecule has 0 aliphatic rings. The molecule has 1 amide bonds. The molecule has 0 fully saturated rings. The smallest absolute Gasteiger partial charge is 0.275 e. The van der Waals surface area contributed by atoms with E-state index in [1.807, 2.05) is 17.5 Å². The number of hydrogen-bond acceptors (Lipinski definition) is 4. The Hall–Kier alpha value is -3.06. The molecule has 0 bridgehead atoms. The highest BCUT2D eigenvalue weighted by Gasteiger charge is 2.14. The molecule has 0 aliphatic carbocycles. The highest BCUT2D eigenvalue weighted by atomic mass is 32.1. The molecule has 3 rings (SSSR count). The van der Waals surface area contributed by atoms with E-state index < -0.39 is 17.5 Å². The van der Waals surface area contributed by atoms with Gasteiger partial charge in [0.05, 0.1) is 11.8 Å². The second-order valence-corrected chi connectivity index (χ2v) is 6.05. The van der Waals surface area contributed by atoms with E-state index in [4.69, 9.17) is 0 Å². The Morgan fingerprint density at radius 3 is 2.72 bits per heavy atom. The number of amides is 1. The maximum atomic E-state index is 13.9. The SMILES string of the molecule is O=C(NN=Cc1cccs1)c1cc(-c2ccc(F)cc2F)ccc1O. The molecule has 25 heavy (non-hydrogen) atoms. The van der Waals surface area contributed by atoms with E-state index in [1.165, 1.54) is 41.8 Å². The van der Waals surface area contributed by atoms with Crippen molar-refractivity contribution in [2.24, 2.45) is 5.10 Å². The van der Waals surface area contributed by atoms with Gasteiger partial charge in [0.25, 0.3) is 5.91 Å². The average Bonchev–Trinajstić information content (AvgIpc) is 3.09. The van der Waals surface area contributed by atoms with Gasteiger partial charge in [0.1, 0.15) is 17.4 Å². The van der Waals surface area contributed by atoms with Crippen molar-refractivity contribution in [1.29, 1.82) is 0 Å². The Balaban J connectivity index is 1.85. The largest absolute Gasteiger partial charge is 0.507 e. The summed E-state index contributed by atoms with van der Waals surface area (Å²) in [6, 6.07) is 10.9. The number of hydrazone groups is 1. The van der Waals surface area contributed by atoms with Crippen molar-refractivity contribution >= 4 is 23.5 Å². The third-order valence-electron chi connectivity index (χ3n) is 3.38. The minimum Gasteiger partial charge on any atom is -0.507 e. The van der Waals surface area contributed by atoms with Crippen LogP contribution in [0.1, 0.15) is 15.2 Å². The monoisotopic (exact) mass is 358 g/mol. The van der Waals surface area contributed by atoms with Crippen LogP contribution in [-0.2, 0) is 0 Å². The van der Waals surface area contributed by atoms with Crippen LogP contribution < -0.4 is 5.43 Å². The molecule has 7 heteroatoms. The van der Waals surface area contributed by atoms with Crippen molar-refractivity contribution in [2.75, 3.05) is 0 Å². The Labute approximate surface area is 146 Å². The second-order valence-electron chi connectivity index (χ2n) is 5.07. The van der Waals surface area contributed by atoms with E-state index in [1.54, 1.807) is 0 Å². The van der Waals surface area contributed by atoms with Gasteiger partial charge in [-0.1, -0.05) is 12.1 Å². The quantitative estimate of drug-likeness (QED) is 0.543. The van der Waals surface area contributed by atoms with Crippen molar-refractivity contribution in [3.05, 3.63) is 76.0 Å². The van der Waals surface area contributed by atoms with E-state index >= 15 is 0 Å². The normalized spacial score (nSPS) is 11.0. The summed E-state index contributed by atoms with van der Waals surface area (Å²) in [5, 5.41) is 15.6. The lowest BCUT2D eigenvalue weighted by Crippen LogP contribution is -2.17. The molecule has 4 nitrogen and oxygen atoms in total. The number of phenols is 1.